The van der Waals surface area contributed by atoms with E-state index in [4.69, 9.17) is 32.7 Å². The zero-order valence-electron chi connectivity index (χ0n) is 23.0. The Morgan fingerprint density at radius 1 is 0.814 bits per heavy atom. The van der Waals surface area contributed by atoms with Crippen LogP contribution < -0.4 is 14.8 Å². The fourth-order valence-corrected chi connectivity index (χ4v) is 5.04. The molecule has 2 amide bonds. The van der Waals surface area contributed by atoms with E-state index in [1.807, 2.05) is 24.3 Å². The molecule has 0 atom stereocenters. The molecular weight excluding hydrogens is 591 g/mol. The standard InChI is InChI=1S/C33H28Cl2N2O6/c34-28-14-7-22(20-29(28)35)32(39)37-17-15-26(16-18-37)43-25-12-10-24(11-13-25)42-23-8-5-21(6-9-23)19-31(38)36-30-4-2-1-3-27(30)33(40)41/h1-14,20,26H,15-19H2,(H,36,38)(H,40,41). The lowest BCUT2D eigenvalue weighted by molar-refractivity contribution is -0.115. The first kappa shape index (κ1) is 29.9. The molecule has 0 aliphatic carbocycles. The highest BCUT2D eigenvalue weighted by molar-refractivity contribution is 6.42. The van der Waals surface area contributed by atoms with Gasteiger partial charge in [-0.2, -0.15) is 0 Å². The largest absolute Gasteiger partial charge is 0.490 e. The number of rotatable bonds is 9. The number of piperidine rings is 1. The van der Waals surface area contributed by atoms with Gasteiger partial charge in [0.05, 0.1) is 27.7 Å². The second-order valence-corrected chi connectivity index (χ2v) is 10.8. The Balaban J connectivity index is 1.08. The molecule has 1 saturated heterocycles. The molecular formula is C33H28Cl2N2O6. The average Bonchev–Trinajstić information content (AvgIpc) is 3.00. The highest BCUT2D eigenvalue weighted by Crippen LogP contribution is 2.28. The summed E-state index contributed by atoms with van der Waals surface area (Å²) in [7, 11) is 0. The molecule has 220 valence electrons. The molecule has 0 bridgehead atoms. The number of ether oxygens (including phenoxy) is 2. The van der Waals surface area contributed by atoms with Gasteiger partial charge < -0.3 is 24.8 Å². The van der Waals surface area contributed by atoms with Gasteiger partial charge in [-0.3, -0.25) is 9.59 Å². The van der Waals surface area contributed by atoms with Crippen LogP contribution in [0.5, 0.6) is 17.2 Å². The minimum Gasteiger partial charge on any atom is -0.490 e. The van der Waals surface area contributed by atoms with E-state index in [0.717, 1.165) is 5.56 Å². The van der Waals surface area contributed by atoms with Crippen molar-refractivity contribution in [2.75, 3.05) is 18.4 Å². The van der Waals surface area contributed by atoms with Crippen LogP contribution in [0.3, 0.4) is 0 Å². The number of para-hydroxylation sites is 1. The van der Waals surface area contributed by atoms with Crippen molar-refractivity contribution in [3.05, 3.63) is 118 Å². The molecule has 4 aromatic rings. The molecule has 1 fully saturated rings. The van der Waals surface area contributed by atoms with Crippen LogP contribution in [0.15, 0.2) is 91.0 Å². The summed E-state index contributed by atoms with van der Waals surface area (Å²) in [4.78, 5) is 38.4. The molecule has 4 aromatic carbocycles. The van der Waals surface area contributed by atoms with Crippen LogP contribution in [0.2, 0.25) is 10.0 Å². The van der Waals surface area contributed by atoms with Gasteiger partial charge in [0.15, 0.2) is 0 Å². The molecule has 8 nitrogen and oxygen atoms in total. The highest BCUT2D eigenvalue weighted by Gasteiger charge is 2.25. The summed E-state index contributed by atoms with van der Waals surface area (Å²) < 4.78 is 12.1. The van der Waals surface area contributed by atoms with Gasteiger partial charge in [0.2, 0.25) is 5.91 Å². The SMILES string of the molecule is O=C(Cc1ccc(Oc2ccc(OC3CCN(C(=O)c4ccc(Cl)c(Cl)c4)CC3)cc2)cc1)Nc1ccccc1C(=O)O. The number of carbonyl (C=O) groups excluding carboxylic acids is 2. The van der Waals surface area contributed by atoms with Gasteiger partial charge in [-0.25, -0.2) is 4.79 Å². The Kier molecular flexibility index (Phi) is 9.49. The van der Waals surface area contributed by atoms with Gasteiger partial charge in [-0.05, 0) is 72.3 Å². The summed E-state index contributed by atoms with van der Waals surface area (Å²) in [6.07, 6.45) is 1.50. The number of nitrogens with zero attached hydrogens (tertiary/aromatic N) is 1. The maximum absolute atomic E-state index is 12.8. The number of hydrogen-bond acceptors (Lipinski definition) is 5. The molecule has 0 saturated carbocycles. The number of carboxylic acid groups (broad SMARTS) is 1. The van der Waals surface area contributed by atoms with Crippen LogP contribution in [0.4, 0.5) is 5.69 Å². The van der Waals surface area contributed by atoms with Gasteiger partial charge in [0.1, 0.15) is 23.4 Å². The molecule has 1 aliphatic heterocycles. The summed E-state index contributed by atoms with van der Waals surface area (Å²) in [5.41, 5.74) is 1.57. The molecule has 10 heteroatoms. The Labute approximate surface area is 258 Å². The molecule has 5 rings (SSSR count). The third-order valence-corrected chi connectivity index (χ3v) is 7.72. The van der Waals surface area contributed by atoms with E-state index in [2.05, 4.69) is 5.32 Å². The quantitative estimate of drug-likeness (QED) is 0.203. The number of halogens is 2. The van der Waals surface area contributed by atoms with Crippen molar-refractivity contribution in [1.29, 1.82) is 0 Å². The van der Waals surface area contributed by atoms with E-state index >= 15 is 0 Å². The van der Waals surface area contributed by atoms with Crippen molar-refractivity contribution in [3.8, 4) is 17.2 Å². The Morgan fingerprint density at radius 2 is 1.44 bits per heavy atom. The lowest BCUT2D eigenvalue weighted by atomic mass is 10.1. The molecule has 0 aromatic heterocycles. The maximum Gasteiger partial charge on any atom is 0.337 e. The Morgan fingerprint density at radius 3 is 2.09 bits per heavy atom. The zero-order valence-corrected chi connectivity index (χ0v) is 24.5. The third-order valence-electron chi connectivity index (χ3n) is 6.98. The van der Waals surface area contributed by atoms with Crippen molar-refractivity contribution in [2.24, 2.45) is 0 Å². The first-order chi connectivity index (χ1) is 20.7. The van der Waals surface area contributed by atoms with Crippen molar-refractivity contribution in [2.45, 2.75) is 25.4 Å². The predicted octanol–water partition coefficient (Wildman–Crippen LogP) is 7.35. The van der Waals surface area contributed by atoms with E-state index in [1.54, 1.807) is 65.6 Å². The van der Waals surface area contributed by atoms with Crippen LogP contribution in [-0.2, 0) is 11.2 Å². The number of carbonyl (C=O) groups is 3. The van der Waals surface area contributed by atoms with Gasteiger partial charge in [-0.15, -0.1) is 0 Å². The number of hydrogen-bond donors (Lipinski definition) is 2. The number of carboxylic acids is 1. The van der Waals surface area contributed by atoms with E-state index in [0.29, 0.717) is 58.8 Å². The summed E-state index contributed by atoms with van der Waals surface area (Å²) >= 11 is 12.0. The number of benzene rings is 4. The maximum atomic E-state index is 12.8. The topological polar surface area (TPSA) is 105 Å². The molecule has 1 aliphatic rings. The van der Waals surface area contributed by atoms with Crippen LogP contribution >= 0.6 is 23.2 Å². The number of anilines is 1. The van der Waals surface area contributed by atoms with Gasteiger partial charge in [-0.1, -0.05) is 47.5 Å². The van der Waals surface area contributed by atoms with E-state index in [-0.39, 0.29) is 35.6 Å². The molecule has 0 radical (unpaired) electrons. The summed E-state index contributed by atoms with van der Waals surface area (Å²) in [6, 6.07) is 25.6. The molecule has 2 N–H and O–H groups in total. The normalized spacial score (nSPS) is 13.3. The first-order valence-electron chi connectivity index (χ1n) is 13.6. The second-order valence-electron chi connectivity index (χ2n) is 10.0. The fraction of sp³-hybridized carbons (Fsp3) is 0.182. The Hall–Kier alpha value is -4.53. The van der Waals surface area contributed by atoms with Crippen LogP contribution in [0.1, 0.15) is 39.1 Å². The lowest BCUT2D eigenvalue weighted by Gasteiger charge is -2.32. The van der Waals surface area contributed by atoms with Gasteiger partial charge in [0, 0.05) is 31.5 Å². The monoisotopic (exact) mass is 618 g/mol. The number of likely N-dealkylation sites (tertiary alicyclic amines) is 1. The fourth-order valence-electron chi connectivity index (χ4n) is 4.74. The second kappa shape index (κ2) is 13.6. The van der Waals surface area contributed by atoms with E-state index < -0.39 is 5.97 Å². The number of aromatic carboxylic acids is 1. The smallest absolute Gasteiger partial charge is 0.337 e. The van der Waals surface area contributed by atoms with Crippen LogP contribution in [0, 0.1) is 0 Å². The van der Waals surface area contributed by atoms with Crippen molar-refractivity contribution in [3.63, 3.8) is 0 Å². The number of nitrogens with one attached hydrogen (secondary N) is 1. The third kappa shape index (κ3) is 7.85. The van der Waals surface area contributed by atoms with Crippen LogP contribution in [0.25, 0.3) is 0 Å². The minimum absolute atomic E-state index is 0.00743. The average molecular weight is 620 g/mol. The number of amides is 2. The van der Waals surface area contributed by atoms with Crippen molar-refractivity contribution in [1.82, 2.24) is 4.90 Å². The van der Waals surface area contributed by atoms with Crippen molar-refractivity contribution < 1.29 is 29.0 Å². The summed E-state index contributed by atoms with van der Waals surface area (Å²) in [5, 5.41) is 12.7. The Bertz CT molecular complexity index is 1620. The molecule has 1 heterocycles. The minimum atomic E-state index is -1.10. The molecule has 43 heavy (non-hydrogen) atoms. The lowest BCUT2D eigenvalue weighted by Crippen LogP contribution is -2.41. The highest BCUT2D eigenvalue weighted by atomic mass is 35.5. The zero-order chi connectivity index (χ0) is 30.3. The predicted molar refractivity (Wildman–Crippen MR) is 165 cm³/mol. The van der Waals surface area contributed by atoms with Gasteiger partial charge >= 0.3 is 5.97 Å². The molecule has 0 unspecified atom stereocenters. The van der Waals surface area contributed by atoms with Crippen molar-refractivity contribution >= 4 is 46.7 Å². The van der Waals surface area contributed by atoms with E-state index in [9.17, 15) is 19.5 Å². The first-order valence-corrected chi connectivity index (χ1v) is 14.4. The van der Waals surface area contributed by atoms with E-state index in [1.165, 1.54) is 6.07 Å². The summed E-state index contributed by atoms with van der Waals surface area (Å²) in [6.45, 7) is 1.16. The van der Waals surface area contributed by atoms with Crippen LogP contribution in [-0.4, -0.2) is 47.0 Å². The van der Waals surface area contributed by atoms with Gasteiger partial charge in [0.25, 0.3) is 5.91 Å². The summed E-state index contributed by atoms with van der Waals surface area (Å²) in [5.74, 6) is 0.455. The molecule has 0 spiro atoms.